The van der Waals surface area contributed by atoms with Crippen LogP contribution >= 0.6 is 11.6 Å². The van der Waals surface area contributed by atoms with Gasteiger partial charge in [-0.25, -0.2) is 4.79 Å². The van der Waals surface area contributed by atoms with Gasteiger partial charge in [-0.05, 0) is 25.1 Å². The molecule has 1 fully saturated rings. The van der Waals surface area contributed by atoms with E-state index in [1.807, 2.05) is 0 Å². The number of β-lactam (4-membered cyclic amide) rings is 1. The molecule has 0 saturated carbocycles. The summed E-state index contributed by atoms with van der Waals surface area (Å²) in [5.41, 5.74) is -0.890. The highest BCUT2D eigenvalue weighted by molar-refractivity contribution is 6.74. The van der Waals surface area contributed by atoms with Gasteiger partial charge in [0, 0.05) is 0 Å². The highest BCUT2D eigenvalue weighted by atomic mass is 35.5. The zero-order valence-electron chi connectivity index (χ0n) is 14.1. The molecule has 0 bridgehead atoms. The van der Waals surface area contributed by atoms with Crippen molar-refractivity contribution in [3.8, 4) is 0 Å². The SMILES string of the molecule is COC(=O)C(=O)N1C(=O)[C@H]([C@@H](C)O[Si](C)(C)C(C)(C)C)[C@H]1Cl. The first-order chi connectivity index (χ1) is 9.85. The number of nitrogens with zero attached hydrogens (tertiary/aromatic N) is 1. The number of alkyl halides is 1. The largest absolute Gasteiger partial charge is 0.462 e. The number of esters is 1. The van der Waals surface area contributed by atoms with Crippen molar-refractivity contribution in [1.29, 1.82) is 0 Å². The van der Waals surface area contributed by atoms with E-state index in [0.717, 1.165) is 12.0 Å². The van der Waals surface area contributed by atoms with Gasteiger partial charge in [-0.3, -0.25) is 14.5 Å². The first kappa shape index (κ1) is 19.1. The molecule has 0 aliphatic carbocycles. The van der Waals surface area contributed by atoms with E-state index in [0.29, 0.717) is 0 Å². The van der Waals surface area contributed by atoms with Gasteiger partial charge < -0.3 is 9.16 Å². The van der Waals surface area contributed by atoms with Crippen LogP contribution < -0.4 is 0 Å². The summed E-state index contributed by atoms with van der Waals surface area (Å²) < 4.78 is 10.5. The van der Waals surface area contributed by atoms with Crippen molar-refractivity contribution in [1.82, 2.24) is 4.90 Å². The summed E-state index contributed by atoms with van der Waals surface area (Å²) in [6.45, 7) is 12.2. The smallest absolute Gasteiger partial charge is 0.397 e. The molecule has 6 nitrogen and oxygen atoms in total. The Kier molecular flexibility index (Phi) is 5.47. The monoisotopic (exact) mass is 349 g/mol. The molecule has 1 aliphatic heterocycles. The highest BCUT2D eigenvalue weighted by Crippen LogP contribution is 2.41. The number of amides is 2. The Bertz CT molecular complexity index is 488. The number of ether oxygens (including phenoxy) is 1. The zero-order valence-corrected chi connectivity index (χ0v) is 15.9. The van der Waals surface area contributed by atoms with Crippen molar-refractivity contribution in [3.05, 3.63) is 0 Å². The maximum absolute atomic E-state index is 12.2. The third-order valence-electron chi connectivity index (χ3n) is 4.44. The lowest BCUT2D eigenvalue weighted by Gasteiger charge is -2.47. The molecule has 2 amide bonds. The predicted molar refractivity (Wildman–Crippen MR) is 84.7 cm³/mol. The number of halogens is 1. The van der Waals surface area contributed by atoms with Crippen LogP contribution in [0.1, 0.15) is 27.7 Å². The molecule has 0 N–H and O–H groups in total. The molecule has 0 radical (unpaired) electrons. The molecule has 3 atom stereocenters. The Labute approximate surface area is 137 Å². The predicted octanol–water partition coefficient (Wildman–Crippen LogP) is 2.12. The number of hydrogen-bond acceptors (Lipinski definition) is 5. The van der Waals surface area contributed by atoms with Gasteiger partial charge in [-0.2, -0.15) is 0 Å². The molecule has 22 heavy (non-hydrogen) atoms. The van der Waals surface area contributed by atoms with Crippen LogP contribution in [0.2, 0.25) is 18.1 Å². The van der Waals surface area contributed by atoms with Crippen LogP contribution in [0.5, 0.6) is 0 Å². The first-order valence-electron chi connectivity index (χ1n) is 7.12. The molecule has 0 spiro atoms. The molecule has 1 aliphatic rings. The van der Waals surface area contributed by atoms with E-state index in [1.165, 1.54) is 0 Å². The molecule has 8 heteroatoms. The van der Waals surface area contributed by atoms with Crippen molar-refractivity contribution in [2.75, 3.05) is 7.11 Å². The summed E-state index contributed by atoms with van der Waals surface area (Å²) in [5.74, 6) is -3.27. The maximum Gasteiger partial charge on any atom is 0.397 e. The second-order valence-electron chi connectivity index (χ2n) is 6.99. The molecule has 0 aromatic heterocycles. The molecule has 0 aromatic carbocycles. The van der Waals surface area contributed by atoms with Crippen molar-refractivity contribution in [3.63, 3.8) is 0 Å². The maximum atomic E-state index is 12.2. The van der Waals surface area contributed by atoms with Gasteiger partial charge in [0.1, 0.15) is 5.50 Å². The van der Waals surface area contributed by atoms with E-state index in [1.54, 1.807) is 6.92 Å². The fraction of sp³-hybridized carbons (Fsp3) is 0.786. The average Bonchev–Trinajstić information content (AvgIpc) is 2.35. The van der Waals surface area contributed by atoms with Crippen LogP contribution in [0.4, 0.5) is 0 Å². The summed E-state index contributed by atoms with van der Waals surface area (Å²) in [7, 11) is -0.978. The molecule has 0 unspecified atom stereocenters. The third kappa shape index (κ3) is 3.36. The Morgan fingerprint density at radius 1 is 1.32 bits per heavy atom. The second-order valence-corrected chi connectivity index (χ2v) is 12.2. The summed E-state index contributed by atoms with van der Waals surface area (Å²) >= 11 is 6.12. The van der Waals surface area contributed by atoms with Crippen LogP contribution in [0.25, 0.3) is 0 Å². The number of rotatable bonds is 3. The minimum atomic E-state index is -2.06. The Hall–Kier alpha value is -0.923. The van der Waals surface area contributed by atoms with Crippen molar-refractivity contribution >= 4 is 37.7 Å². The highest BCUT2D eigenvalue weighted by Gasteiger charge is 2.55. The first-order valence-corrected chi connectivity index (χ1v) is 10.5. The lowest BCUT2D eigenvalue weighted by Crippen LogP contribution is -2.66. The number of likely N-dealkylation sites (tertiary alicyclic amines) is 1. The summed E-state index contributed by atoms with van der Waals surface area (Å²) in [5, 5.41) is -0.00259. The van der Waals surface area contributed by atoms with E-state index < -0.39 is 43.6 Å². The minimum Gasteiger partial charge on any atom is -0.462 e. The molecule has 0 aromatic rings. The van der Waals surface area contributed by atoms with Gasteiger partial charge in [0.05, 0.1) is 19.1 Å². The minimum absolute atomic E-state index is 0.00259. The number of imide groups is 1. The standard InChI is InChI=1S/C14H24ClNO5Si/c1-8(21-22(6,7)14(2,3)4)9-10(15)16(11(9)17)12(18)13(19)20-5/h8-10H,1-7H3/t8-,9-,10+/m1/s1. The van der Waals surface area contributed by atoms with Gasteiger partial charge in [-0.15, -0.1) is 0 Å². The van der Waals surface area contributed by atoms with Crippen LogP contribution in [0.3, 0.4) is 0 Å². The molecular formula is C14H24ClNO5Si. The van der Waals surface area contributed by atoms with Crippen LogP contribution in [0.15, 0.2) is 0 Å². The van der Waals surface area contributed by atoms with Gasteiger partial charge in [0.15, 0.2) is 8.32 Å². The van der Waals surface area contributed by atoms with E-state index in [-0.39, 0.29) is 5.04 Å². The Balaban J connectivity index is 2.79. The molecular weight excluding hydrogens is 326 g/mol. The number of hydrogen-bond donors (Lipinski definition) is 0. The average molecular weight is 350 g/mol. The van der Waals surface area contributed by atoms with Crippen LogP contribution in [0, 0.1) is 5.92 Å². The summed E-state index contributed by atoms with van der Waals surface area (Å²) in [6, 6.07) is 0. The fourth-order valence-electron chi connectivity index (χ4n) is 2.02. The lowest BCUT2D eigenvalue weighted by molar-refractivity contribution is -0.174. The summed E-state index contributed by atoms with van der Waals surface area (Å²) in [6.07, 6.45) is -0.419. The third-order valence-corrected chi connectivity index (χ3v) is 9.48. The topological polar surface area (TPSA) is 72.9 Å². The van der Waals surface area contributed by atoms with E-state index in [2.05, 4.69) is 38.6 Å². The van der Waals surface area contributed by atoms with Gasteiger partial charge in [0.25, 0.3) is 0 Å². The normalized spacial score (nSPS) is 23.8. The zero-order chi connectivity index (χ0) is 17.5. The van der Waals surface area contributed by atoms with Crippen LogP contribution in [-0.4, -0.2) is 49.7 Å². The van der Waals surface area contributed by atoms with E-state index in [4.69, 9.17) is 16.0 Å². The summed E-state index contributed by atoms with van der Waals surface area (Å²) in [4.78, 5) is 35.8. The van der Waals surface area contributed by atoms with Gasteiger partial charge in [-0.1, -0.05) is 32.4 Å². The number of methoxy groups -OCH3 is 1. The Morgan fingerprint density at radius 2 is 1.82 bits per heavy atom. The second kappa shape index (κ2) is 6.29. The molecule has 1 rings (SSSR count). The fourth-order valence-corrected chi connectivity index (χ4v) is 3.94. The van der Waals surface area contributed by atoms with Crippen molar-refractivity contribution in [2.24, 2.45) is 5.92 Å². The lowest BCUT2D eigenvalue weighted by atomic mass is 9.93. The quantitative estimate of drug-likeness (QED) is 0.195. The number of carbonyl (C=O) groups is 3. The number of carbonyl (C=O) groups excluding carboxylic acids is 3. The van der Waals surface area contributed by atoms with Gasteiger partial charge in [0.2, 0.25) is 5.91 Å². The van der Waals surface area contributed by atoms with Crippen LogP contribution in [-0.2, 0) is 23.5 Å². The molecule has 126 valence electrons. The molecule has 1 heterocycles. The van der Waals surface area contributed by atoms with Gasteiger partial charge >= 0.3 is 11.9 Å². The van der Waals surface area contributed by atoms with E-state index in [9.17, 15) is 14.4 Å². The molecule has 1 saturated heterocycles. The van der Waals surface area contributed by atoms with Crippen molar-refractivity contribution in [2.45, 2.75) is 57.4 Å². The Morgan fingerprint density at radius 3 is 2.18 bits per heavy atom. The van der Waals surface area contributed by atoms with Crippen molar-refractivity contribution < 1.29 is 23.5 Å². The van der Waals surface area contributed by atoms with E-state index >= 15 is 0 Å².